The van der Waals surface area contributed by atoms with Crippen LogP contribution in [0.25, 0.3) is 0 Å². The van der Waals surface area contributed by atoms with Gasteiger partial charge in [-0.3, -0.25) is 4.90 Å². The summed E-state index contributed by atoms with van der Waals surface area (Å²) in [6.07, 6.45) is 1.67. The highest BCUT2D eigenvalue weighted by atomic mass is 19.3. The largest absolute Gasteiger partial charge is 0.344 e. The Balaban J connectivity index is 1.63. The van der Waals surface area contributed by atoms with Gasteiger partial charge in [-0.2, -0.15) is 0 Å². The quantitative estimate of drug-likeness (QED) is 0.816. The van der Waals surface area contributed by atoms with E-state index >= 15 is 0 Å². The molecule has 4 rings (SSSR count). The van der Waals surface area contributed by atoms with Crippen molar-refractivity contribution in [3.8, 4) is 0 Å². The number of rotatable bonds is 2. The minimum Gasteiger partial charge on any atom is -0.344 e. The van der Waals surface area contributed by atoms with Gasteiger partial charge in [0.2, 0.25) is 5.92 Å². The van der Waals surface area contributed by atoms with Gasteiger partial charge in [0.05, 0.1) is 11.7 Å². The van der Waals surface area contributed by atoms with E-state index in [9.17, 15) is 8.78 Å². The number of hydrogen-bond acceptors (Lipinski definition) is 4. The van der Waals surface area contributed by atoms with Gasteiger partial charge in [0.25, 0.3) is 0 Å². The second kappa shape index (κ2) is 5.66. The number of halogens is 2. The number of pyridine rings is 1. The number of anilines is 2. The van der Waals surface area contributed by atoms with Gasteiger partial charge in [0.1, 0.15) is 0 Å². The van der Waals surface area contributed by atoms with Crippen LogP contribution in [0.1, 0.15) is 38.2 Å². The highest BCUT2D eigenvalue weighted by Crippen LogP contribution is 2.49. The first-order valence-corrected chi connectivity index (χ1v) is 9.08. The third kappa shape index (κ3) is 2.71. The van der Waals surface area contributed by atoms with Gasteiger partial charge in [-0.1, -0.05) is 6.58 Å². The lowest BCUT2D eigenvalue weighted by molar-refractivity contribution is -0.0868. The normalized spacial score (nSPS) is 26.5. The number of nitrogens with zero attached hydrogens (tertiary/aromatic N) is 4. The highest BCUT2D eigenvalue weighted by Gasteiger charge is 2.46. The summed E-state index contributed by atoms with van der Waals surface area (Å²) >= 11 is 0. The zero-order chi connectivity index (χ0) is 17.9. The van der Waals surface area contributed by atoms with E-state index in [0.717, 1.165) is 42.4 Å². The minimum absolute atomic E-state index is 0.0617. The zero-order valence-electron chi connectivity index (χ0n) is 15.2. The minimum atomic E-state index is -2.51. The van der Waals surface area contributed by atoms with Crippen molar-refractivity contribution >= 4 is 11.5 Å². The number of hydrogen-bond donors (Lipinski definition) is 0. The summed E-state index contributed by atoms with van der Waals surface area (Å²) in [5.41, 5.74) is 2.96. The average molecular weight is 348 g/mol. The third-order valence-electron chi connectivity index (χ3n) is 6.02. The molecule has 2 fully saturated rings. The van der Waals surface area contributed by atoms with Crippen molar-refractivity contribution in [3.05, 3.63) is 30.1 Å². The van der Waals surface area contributed by atoms with E-state index in [1.54, 1.807) is 6.20 Å². The van der Waals surface area contributed by atoms with E-state index in [0.29, 0.717) is 6.04 Å². The Morgan fingerprint density at radius 1 is 1.28 bits per heavy atom. The van der Waals surface area contributed by atoms with E-state index in [-0.39, 0.29) is 24.8 Å². The zero-order valence-corrected chi connectivity index (χ0v) is 15.2. The molecule has 0 bridgehead atoms. The van der Waals surface area contributed by atoms with Crippen LogP contribution < -0.4 is 9.80 Å². The number of aromatic nitrogens is 1. The Kier molecular flexibility index (Phi) is 3.79. The molecule has 1 aromatic heterocycles. The fourth-order valence-electron chi connectivity index (χ4n) is 4.24. The van der Waals surface area contributed by atoms with Gasteiger partial charge in [-0.05, 0) is 31.4 Å². The standard InChI is InChI=1S/C19H26F2N4/c1-12(2)24-5-6-25-17(11-24)13(3)23(4)16-7-14(10-22-18(16)25)15-8-19(20,21)9-15/h7,10,12,15,17H,3,5-6,8-9,11H2,1-2,4H3. The molecule has 1 aromatic rings. The Morgan fingerprint density at radius 2 is 2.00 bits per heavy atom. The molecule has 3 heterocycles. The van der Waals surface area contributed by atoms with Gasteiger partial charge in [0, 0.05) is 57.5 Å². The molecule has 4 nitrogen and oxygen atoms in total. The van der Waals surface area contributed by atoms with Crippen LogP contribution in [0, 0.1) is 0 Å². The first-order valence-electron chi connectivity index (χ1n) is 9.08. The summed E-state index contributed by atoms with van der Waals surface area (Å²) in [6.45, 7) is 11.6. The van der Waals surface area contributed by atoms with E-state index in [1.165, 1.54) is 0 Å². The first kappa shape index (κ1) is 16.8. The highest BCUT2D eigenvalue weighted by molar-refractivity contribution is 5.75. The predicted octanol–water partition coefficient (Wildman–Crippen LogP) is 3.46. The van der Waals surface area contributed by atoms with Crippen LogP contribution in [-0.2, 0) is 0 Å². The molecule has 2 aliphatic heterocycles. The molecule has 0 aromatic carbocycles. The molecule has 0 N–H and O–H groups in total. The molecule has 6 heteroatoms. The van der Waals surface area contributed by atoms with E-state index < -0.39 is 5.92 Å². The second-order valence-electron chi connectivity index (χ2n) is 7.92. The first-order chi connectivity index (χ1) is 11.8. The Labute approximate surface area is 148 Å². The monoisotopic (exact) mass is 348 g/mol. The Hall–Kier alpha value is -1.69. The van der Waals surface area contributed by atoms with Crippen LogP contribution in [0.15, 0.2) is 24.5 Å². The smallest absolute Gasteiger partial charge is 0.249 e. The summed E-state index contributed by atoms with van der Waals surface area (Å²) in [4.78, 5) is 11.6. The van der Waals surface area contributed by atoms with Crippen molar-refractivity contribution in [1.29, 1.82) is 0 Å². The van der Waals surface area contributed by atoms with Gasteiger partial charge in [-0.15, -0.1) is 0 Å². The molecule has 3 aliphatic rings. The Morgan fingerprint density at radius 3 is 2.64 bits per heavy atom. The molecular formula is C19H26F2N4. The number of piperazine rings is 1. The van der Waals surface area contributed by atoms with Gasteiger partial charge < -0.3 is 9.80 Å². The third-order valence-corrected chi connectivity index (χ3v) is 6.02. The van der Waals surface area contributed by atoms with Gasteiger partial charge >= 0.3 is 0 Å². The number of likely N-dealkylation sites (N-methyl/N-ethyl adjacent to an activating group) is 1. The summed E-state index contributed by atoms with van der Waals surface area (Å²) in [7, 11) is 2.01. The molecule has 136 valence electrons. The average Bonchev–Trinajstić information content (AvgIpc) is 2.56. The molecule has 1 aliphatic carbocycles. The topological polar surface area (TPSA) is 22.6 Å². The fraction of sp³-hybridized carbons (Fsp3) is 0.632. The maximum Gasteiger partial charge on any atom is 0.249 e. The lowest BCUT2D eigenvalue weighted by Gasteiger charge is -2.50. The molecule has 0 radical (unpaired) electrons. The van der Waals surface area contributed by atoms with Crippen molar-refractivity contribution in [1.82, 2.24) is 9.88 Å². The van der Waals surface area contributed by atoms with Crippen LogP contribution in [0.2, 0.25) is 0 Å². The van der Waals surface area contributed by atoms with Crippen molar-refractivity contribution in [2.24, 2.45) is 0 Å². The second-order valence-corrected chi connectivity index (χ2v) is 7.92. The summed E-state index contributed by atoms with van der Waals surface area (Å²) in [5.74, 6) is -1.63. The van der Waals surface area contributed by atoms with Crippen molar-refractivity contribution < 1.29 is 8.78 Å². The van der Waals surface area contributed by atoms with Crippen LogP contribution in [-0.4, -0.2) is 54.6 Å². The van der Waals surface area contributed by atoms with Gasteiger partial charge in [-0.25, -0.2) is 13.8 Å². The number of alkyl halides is 2. The Bertz CT molecular complexity index is 695. The SMILES string of the molecule is C=C1C2CN(C(C)C)CCN2c2ncc(C3CC(F)(F)C3)cc2N1C. The molecule has 1 saturated heterocycles. The summed E-state index contributed by atoms with van der Waals surface area (Å²) in [6, 6.07) is 2.77. The van der Waals surface area contributed by atoms with Crippen LogP contribution in [0.4, 0.5) is 20.3 Å². The van der Waals surface area contributed by atoms with Crippen molar-refractivity contribution in [3.63, 3.8) is 0 Å². The summed E-state index contributed by atoms with van der Waals surface area (Å²) < 4.78 is 26.4. The van der Waals surface area contributed by atoms with E-state index in [1.807, 2.05) is 13.1 Å². The van der Waals surface area contributed by atoms with Gasteiger partial charge in [0.15, 0.2) is 5.82 Å². The van der Waals surface area contributed by atoms with Crippen LogP contribution in [0.5, 0.6) is 0 Å². The van der Waals surface area contributed by atoms with Crippen LogP contribution in [0.3, 0.4) is 0 Å². The van der Waals surface area contributed by atoms with Crippen LogP contribution >= 0.6 is 0 Å². The lowest BCUT2D eigenvalue weighted by atomic mass is 9.77. The fourth-order valence-corrected chi connectivity index (χ4v) is 4.24. The molecule has 1 saturated carbocycles. The predicted molar refractivity (Wildman–Crippen MR) is 96.5 cm³/mol. The maximum absolute atomic E-state index is 13.2. The van der Waals surface area contributed by atoms with Crippen molar-refractivity contribution in [2.75, 3.05) is 36.5 Å². The molecule has 1 unspecified atom stereocenters. The lowest BCUT2D eigenvalue weighted by Crippen LogP contribution is -2.59. The molecular weight excluding hydrogens is 322 g/mol. The van der Waals surface area contributed by atoms with E-state index in [4.69, 9.17) is 0 Å². The molecule has 0 spiro atoms. The van der Waals surface area contributed by atoms with Crippen molar-refractivity contribution in [2.45, 2.75) is 50.6 Å². The maximum atomic E-state index is 13.2. The summed E-state index contributed by atoms with van der Waals surface area (Å²) in [5, 5.41) is 0. The molecule has 0 amide bonds. The molecule has 1 atom stereocenters. The van der Waals surface area contributed by atoms with E-state index in [2.05, 4.69) is 40.1 Å². The molecule has 25 heavy (non-hydrogen) atoms. The number of fused-ring (bicyclic) bond motifs is 3.